The number of hydrogen-bond acceptors (Lipinski definition) is 7. The summed E-state index contributed by atoms with van der Waals surface area (Å²) in [5.74, 6) is 0.0897. The molecular formula is C25H25N5O3S. The summed E-state index contributed by atoms with van der Waals surface area (Å²) in [7, 11) is 0.0543. The Labute approximate surface area is 199 Å². The Morgan fingerprint density at radius 1 is 0.971 bits per heavy atom. The molecule has 0 atom stereocenters. The third kappa shape index (κ3) is 5.49. The van der Waals surface area contributed by atoms with E-state index in [4.69, 9.17) is 4.74 Å². The Kier molecular flexibility index (Phi) is 6.74. The highest BCUT2D eigenvalue weighted by Crippen LogP contribution is 2.28. The van der Waals surface area contributed by atoms with E-state index in [9.17, 15) is 8.42 Å². The highest BCUT2D eigenvalue weighted by Gasteiger charge is 2.20. The number of anilines is 2. The van der Waals surface area contributed by atoms with E-state index in [1.165, 1.54) is 6.20 Å². The molecule has 174 valence electrons. The second-order valence-electron chi connectivity index (χ2n) is 7.92. The number of nitrogens with one attached hydrogen (secondary N) is 1. The van der Waals surface area contributed by atoms with Crippen LogP contribution in [0.5, 0.6) is 5.88 Å². The van der Waals surface area contributed by atoms with E-state index in [0.717, 1.165) is 22.4 Å². The molecule has 34 heavy (non-hydrogen) atoms. The van der Waals surface area contributed by atoms with Crippen molar-refractivity contribution >= 4 is 21.5 Å². The molecule has 0 bridgehead atoms. The van der Waals surface area contributed by atoms with Gasteiger partial charge in [-0.05, 0) is 37.3 Å². The number of nitrogens with zero attached hydrogens (tertiary/aromatic N) is 4. The molecule has 0 aliphatic carbocycles. The van der Waals surface area contributed by atoms with Crippen LogP contribution in [0.15, 0.2) is 84.1 Å². The largest absolute Gasteiger partial charge is 0.470 e. The molecule has 4 aromatic rings. The maximum absolute atomic E-state index is 12.9. The van der Waals surface area contributed by atoms with Gasteiger partial charge in [-0.25, -0.2) is 18.4 Å². The minimum atomic E-state index is -3.88. The van der Waals surface area contributed by atoms with E-state index in [1.807, 2.05) is 56.3 Å². The number of hydrogen-bond donors (Lipinski definition) is 1. The zero-order valence-corrected chi connectivity index (χ0v) is 20.0. The lowest BCUT2D eigenvalue weighted by Gasteiger charge is -2.15. The van der Waals surface area contributed by atoms with Gasteiger partial charge in [-0.2, -0.15) is 0 Å². The van der Waals surface area contributed by atoms with Crippen LogP contribution in [0.25, 0.3) is 11.3 Å². The van der Waals surface area contributed by atoms with E-state index >= 15 is 0 Å². The summed E-state index contributed by atoms with van der Waals surface area (Å²) in [6.45, 7) is 2.05. The van der Waals surface area contributed by atoms with Crippen molar-refractivity contribution in [3.05, 3.63) is 90.4 Å². The van der Waals surface area contributed by atoms with Crippen molar-refractivity contribution < 1.29 is 13.2 Å². The van der Waals surface area contributed by atoms with Crippen LogP contribution >= 0.6 is 0 Å². The van der Waals surface area contributed by atoms with Crippen LogP contribution in [0, 0.1) is 6.92 Å². The number of sulfonamides is 1. The first kappa shape index (κ1) is 23.2. The Bertz CT molecular complexity index is 1360. The van der Waals surface area contributed by atoms with Crippen molar-refractivity contribution in [1.29, 1.82) is 0 Å². The molecule has 0 aliphatic heterocycles. The van der Waals surface area contributed by atoms with Crippen LogP contribution in [0.1, 0.15) is 11.1 Å². The van der Waals surface area contributed by atoms with Crippen LogP contribution in [0.2, 0.25) is 0 Å². The van der Waals surface area contributed by atoms with Crippen LogP contribution in [-0.2, 0) is 16.6 Å². The fourth-order valence-corrected chi connectivity index (χ4v) is 4.16. The van der Waals surface area contributed by atoms with Crippen LogP contribution in [-0.4, -0.2) is 37.5 Å². The molecule has 1 N–H and O–H groups in total. The van der Waals surface area contributed by atoms with Gasteiger partial charge in [0, 0.05) is 43.3 Å². The maximum Gasteiger partial charge on any atom is 0.263 e. The first-order chi connectivity index (χ1) is 16.3. The lowest BCUT2D eigenvalue weighted by molar-refractivity contribution is 0.294. The molecule has 8 nitrogen and oxygen atoms in total. The van der Waals surface area contributed by atoms with Crippen LogP contribution < -0.4 is 14.4 Å². The Hall–Kier alpha value is -3.98. The predicted molar refractivity (Wildman–Crippen MR) is 132 cm³/mol. The average molecular weight is 476 g/mol. The van der Waals surface area contributed by atoms with Gasteiger partial charge in [-0.3, -0.25) is 9.71 Å². The number of benzene rings is 2. The van der Waals surface area contributed by atoms with Crippen molar-refractivity contribution in [2.75, 3.05) is 23.7 Å². The normalized spacial score (nSPS) is 11.1. The van der Waals surface area contributed by atoms with Crippen molar-refractivity contribution in [3.8, 4) is 17.1 Å². The van der Waals surface area contributed by atoms with Gasteiger partial charge in [0.2, 0.25) is 5.82 Å². The van der Waals surface area contributed by atoms with Gasteiger partial charge in [-0.1, -0.05) is 35.9 Å². The minimum absolute atomic E-state index is 0.0122. The van der Waals surface area contributed by atoms with Crippen LogP contribution in [0.4, 0.5) is 11.5 Å². The van der Waals surface area contributed by atoms with Gasteiger partial charge < -0.3 is 9.64 Å². The van der Waals surface area contributed by atoms with E-state index in [1.54, 1.807) is 42.7 Å². The van der Waals surface area contributed by atoms with Crippen molar-refractivity contribution in [2.45, 2.75) is 18.4 Å². The molecule has 0 unspecified atom stereocenters. The second kappa shape index (κ2) is 9.88. The Balaban J connectivity index is 1.67. The standard InChI is InChI=1S/C25H25N5O3S/c1-18-6-12-22(13-7-18)34(31,32)29-24-25(33-17-19-5-4-14-26-15-19)28-23(16-27-24)20-8-10-21(11-9-20)30(2)3/h4-16H,17H2,1-3H3,(H,27,29). The smallest absolute Gasteiger partial charge is 0.263 e. The highest BCUT2D eigenvalue weighted by molar-refractivity contribution is 7.92. The van der Waals surface area contributed by atoms with E-state index < -0.39 is 10.0 Å². The van der Waals surface area contributed by atoms with Crippen molar-refractivity contribution in [3.63, 3.8) is 0 Å². The molecular weight excluding hydrogens is 450 g/mol. The van der Waals surface area contributed by atoms with E-state index in [0.29, 0.717) is 5.69 Å². The number of ether oxygens (including phenoxy) is 1. The topological polar surface area (TPSA) is 97.3 Å². The summed E-state index contributed by atoms with van der Waals surface area (Å²) >= 11 is 0. The summed E-state index contributed by atoms with van der Waals surface area (Å²) in [4.78, 5) is 15.1. The number of aryl methyl sites for hydroxylation is 1. The van der Waals surface area contributed by atoms with E-state index in [-0.39, 0.29) is 23.2 Å². The molecule has 2 aromatic carbocycles. The first-order valence-electron chi connectivity index (χ1n) is 10.6. The van der Waals surface area contributed by atoms with Gasteiger partial charge in [0.15, 0.2) is 0 Å². The van der Waals surface area contributed by atoms with Gasteiger partial charge in [-0.15, -0.1) is 0 Å². The van der Waals surface area contributed by atoms with Gasteiger partial charge in [0.1, 0.15) is 6.61 Å². The fourth-order valence-electron chi connectivity index (χ4n) is 3.15. The predicted octanol–water partition coefficient (Wildman–Crippen LogP) is 4.29. The summed E-state index contributed by atoms with van der Waals surface area (Å²) in [5.41, 5.74) is 4.22. The lowest BCUT2D eigenvalue weighted by Crippen LogP contribution is -2.16. The maximum atomic E-state index is 12.9. The summed E-state index contributed by atoms with van der Waals surface area (Å²) < 4.78 is 34.3. The Morgan fingerprint density at radius 3 is 2.35 bits per heavy atom. The third-order valence-corrected chi connectivity index (χ3v) is 6.44. The first-order valence-corrected chi connectivity index (χ1v) is 12.1. The third-order valence-electron chi connectivity index (χ3n) is 5.08. The molecule has 2 heterocycles. The second-order valence-corrected chi connectivity index (χ2v) is 9.60. The van der Waals surface area contributed by atoms with E-state index in [2.05, 4.69) is 19.7 Å². The average Bonchev–Trinajstić information content (AvgIpc) is 2.84. The molecule has 0 saturated heterocycles. The molecule has 2 aromatic heterocycles. The monoisotopic (exact) mass is 475 g/mol. The number of aromatic nitrogens is 3. The summed E-state index contributed by atoms with van der Waals surface area (Å²) in [6, 6.07) is 18.0. The zero-order valence-electron chi connectivity index (χ0n) is 19.1. The molecule has 0 fully saturated rings. The van der Waals surface area contributed by atoms with Crippen molar-refractivity contribution in [1.82, 2.24) is 15.0 Å². The summed E-state index contributed by atoms with van der Waals surface area (Å²) in [5, 5.41) is 0. The molecule has 0 saturated carbocycles. The number of rotatable bonds is 8. The lowest BCUT2D eigenvalue weighted by atomic mass is 10.1. The molecule has 4 rings (SSSR count). The van der Waals surface area contributed by atoms with Gasteiger partial charge in [0.05, 0.1) is 16.8 Å². The summed E-state index contributed by atoms with van der Waals surface area (Å²) in [6.07, 6.45) is 4.87. The van der Waals surface area contributed by atoms with Crippen LogP contribution in [0.3, 0.4) is 0 Å². The minimum Gasteiger partial charge on any atom is -0.470 e. The molecule has 0 radical (unpaired) electrons. The van der Waals surface area contributed by atoms with Gasteiger partial charge >= 0.3 is 0 Å². The van der Waals surface area contributed by atoms with Gasteiger partial charge in [0.25, 0.3) is 15.9 Å². The van der Waals surface area contributed by atoms with Crippen molar-refractivity contribution in [2.24, 2.45) is 0 Å². The molecule has 9 heteroatoms. The molecule has 0 aliphatic rings. The Morgan fingerprint density at radius 2 is 1.71 bits per heavy atom. The molecule has 0 amide bonds. The molecule has 0 spiro atoms. The fraction of sp³-hybridized carbons (Fsp3) is 0.160. The number of pyridine rings is 1. The highest BCUT2D eigenvalue weighted by atomic mass is 32.2. The zero-order chi connectivity index (χ0) is 24.1. The quantitative estimate of drug-likeness (QED) is 0.406. The SMILES string of the molecule is Cc1ccc(S(=O)(=O)Nc2ncc(-c3ccc(N(C)C)cc3)nc2OCc2cccnc2)cc1.